The van der Waals surface area contributed by atoms with Crippen molar-refractivity contribution in [1.82, 2.24) is 5.32 Å². The normalized spacial score (nSPS) is 14.6. The van der Waals surface area contributed by atoms with Crippen LogP contribution in [0, 0.1) is 0 Å². The van der Waals surface area contributed by atoms with E-state index in [-0.39, 0.29) is 10.5 Å². The van der Waals surface area contributed by atoms with Gasteiger partial charge in [0.2, 0.25) is 0 Å². The van der Waals surface area contributed by atoms with Gasteiger partial charge in [-0.2, -0.15) is 0 Å². The van der Waals surface area contributed by atoms with Gasteiger partial charge in [-0.25, -0.2) is 8.42 Å². The van der Waals surface area contributed by atoms with E-state index in [9.17, 15) is 18.0 Å². The minimum atomic E-state index is -4.05. The number of imide groups is 1. The Morgan fingerprint density at radius 3 is 2.26 bits per heavy atom. The number of carbonyl (C=O) groups is 2. The quantitative estimate of drug-likeness (QED) is 0.378. The zero-order valence-electron chi connectivity index (χ0n) is 9.27. The molecule has 1 aliphatic heterocycles. The third kappa shape index (κ3) is 2.46. The first-order valence-corrected chi connectivity index (χ1v) is 6.37. The first-order valence-electron chi connectivity index (χ1n) is 4.93. The van der Waals surface area contributed by atoms with Crippen LogP contribution in [0.2, 0.25) is 0 Å². The lowest BCUT2D eigenvalue weighted by Crippen LogP contribution is -2.21. The van der Waals surface area contributed by atoms with Crippen LogP contribution in [0.15, 0.2) is 39.8 Å². The Morgan fingerprint density at radius 1 is 1.16 bits per heavy atom. The van der Waals surface area contributed by atoms with Gasteiger partial charge in [0.25, 0.3) is 21.8 Å². The molecule has 0 bridgehead atoms. The van der Waals surface area contributed by atoms with Crippen molar-refractivity contribution in [2.75, 3.05) is 0 Å². The molecule has 0 radical (unpaired) electrons. The van der Waals surface area contributed by atoms with Gasteiger partial charge in [0.1, 0.15) is 0 Å². The molecule has 0 fully saturated rings. The Labute approximate surface area is 107 Å². The highest BCUT2D eigenvalue weighted by molar-refractivity contribution is 7.90. The molecule has 8 nitrogen and oxygen atoms in total. The summed E-state index contributed by atoms with van der Waals surface area (Å²) < 4.78 is 25.5. The van der Waals surface area contributed by atoms with Crippen molar-refractivity contribution in [3.05, 3.63) is 46.3 Å². The molecular formula is C10H6N4O4S. The maximum absolute atomic E-state index is 11.4. The number of nitrogens with zero attached hydrogens (tertiary/aromatic N) is 3. The van der Waals surface area contributed by atoms with Crippen LogP contribution in [0.5, 0.6) is 0 Å². The van der Waals surface area contributed by atoms with Gasteiger partial charge in [-0.1, -0.05) is 12.1 Å². The minimum Gasteiger partial charge on any atom is -0.289 e. The summed E-state index contributed by atoms with van der Waals surface area (Å²) in [5, 5.41) is 2.08. The summed E-state index contributed by atoms with van der Waals surface area (Å²) >= 11 is 0. The van der Waals surface area contributed by atoms with Gasteiger partial charge in [-0.05, 0) is 23.2 Å². The number of hydrogen-bond donors (Lipinski definition) is 1. The SMILES string of the molecule is [N-]=[N+]=NS(=O)(=O)c1ccc(C2=CC(=O)NC2=O)cc1. The Morgan fingerprint density at radius 2 is 1.79 bits per heavy atom. The summed E-state index contributed by atoms with van der Waals surface area (Å²) in [6.45, 7) is 0. The summed E-state index contributed by atoms with van der Waals surface area (Å²) in [7, 11) is -4.05. The molecule has 2 amide bonds. The van der Waals surface area contributed by atoms with E-state index in [1.165, 1.54) is 24.3 Å². The molecule has 0 spiro atoms. The molecule has 1 aromatic rings. The van der Waals surface area contributed by atoms with Crippen LogP contribution in [0.3, 0.4) is 0 Å². The van der Waals surface area contributed by atoms with E-state index in [0.717, 1.165) is 6.08 Å². The molecule has 0 atom stereocenters. The number of azide groups is 1. The Bertz CT molecular complexity index is 742. The van der Waals surface area contributed by atoms with E-state index in [4.69, 9.17) is 5.53 Å². The average molecular weight is 278 g/mol. The van der Waals surface area contributed by atoms with E-state index >= 15 is 0 Å². The molecular weight excluding hydrogens is 272 g/mol. The summed E-state index contributed by atoms with van der Waals surface area (Å²) in [5.41, 5.74) is 8.68. The molecule has 0 unspecified atom stereocenters. The molecule has 9 heteroatoms. The van der Waals surface area contributed by atoms with Gasteiger partial charge < -0.3 is 0 Å². The first kappa shape index (κ1) is 12.8. The maximum atomic E-state index is 11.4. The van der Waals surface area contributed by atoms with Gasteiger partial charge in [0, 0.05) is 15.5 Å². The van der Waals surface area contributed by atoms with Crippen molar-refractivity contribution in [1.29, 1.82) is 0 Å². The van der Waals surface area contributed by atoms with Crippen molar-refractivity contribution >= 4 is 27.4 Å². The van der Waals surface area contributed by atoms with Crippen molar-refractivity contribution in [2.24, 2.45) is 4.52 Å². The van der Waals surface area contributed by atoms with Crippen LogP contribution in [-0.2, 0) is 19.6 Å². The predicted octanol–water partition coefficient (Wildman–Crippen LogP) is 0.725. The van der Waals surface area contributed by atoms with Gasteiger partial charge in [0.15, 0.2) is 0 Å². The first-order chi connectivity index (χ1) is 8.94. The molecule has 2 rings (SSSR count). The van der Waals surface area contributed by atoms with E-state index in [2.05, 4.69) is 14.7 Å². The lowest BCUT2D eigenvalue weighted by Gasteiger charge is -2.01. The molecule has 1 heterocycles. The third-order valence-electron chi connectivity index (χ3n) is 2.36. The Kier molecular flexibility index (Phi) is 3.07. The van der Waals surface area contributed by atoms with Gasteiger partial charge in [-0.3, -0.25) is 14.9 Å². The van der Waals surface area contributed by atoms with E-state index < -0.39 is 21.8 Å². The van der Waals surface area contributed by atoms with Gasteiger partial charge in [0.05, 0.1) is 10.5 Å². The highest BCUT2D eigenvalue weighted by atomic mass is 32.2. The number of carbonyl (C=O) groups excluding carboxylic acids is 2. The zero-order chi connectivity index (χ0) is 14.0. The molecule has 0 aromatic heterocycles. The molecule has 19 heavy (non-hydrogen) atoms. The number of sulfonamides is 1. The van der Waals surface area contributed by atoms with Crippen molar-refractivity contribution in [3.63, 3.8) is 0 Å². The summed E-state index contributed by atoms with van der Waals surface area (Å²) in [6, 6.07) is 5.08. The second kappa shape index (κ2) is 4.56. The molecule has 0 aliphatic carbocycles. The van der Waals surface area contributed by atoms with Crippen LogP contribution in [0.1, 0.15) is 5.56 Å². The lowest BCUT2D eigenvalue weighted by atomic mass is 10.1. The van der Waals surface area contributed by atoms with Crippen LogP contribution in [0.4, 0.5) is 0 Å². The number of nitrogens with one attached hydrogen (secondary N) is 1. The molecule has 96 valence electrons. The minimum absolute atomic E-state index is 0.151. The van der Waals surface area contributed by atoms with E-state index in [0.29, 0.717) is 5.56 Å². The average Bonchev–Trinajstić information content (AvgIpc) is 2.68. The molecule has 1 aliphatic rings. The van der Waals surface area contributed by atoms with Crippen LogP contribution < -0.4 is 5.32 Å². The highest BCUT2D eigenvalue weighted by Gasteiger charge is 2.22. The highest BCUT2D eigenvalue weighted by Crippen LogP contribution is 2.21. The molecule has 0 saturated carbocycles. The monoisotopic (exact) mass is 278 g/mol. The second-order valence-corrected chi connectivity index (χ2v) is 5.13. The lowest BCUT2D eigenvalue weighted by molar-refractivity contribution is -0.123. The van der Waals surface area contributed by atoms with Crippen molar-refractivity contribution in [2.45, 2.75) is 4.90 Å². The van der Waals surface area contributed by atoms with E-state index in [1.54, 1.807) is 0 Å². The molecule has 0 saturated heterocycles. The van der Waals surface area contributed by atoms with Crippen LogP contribution >= 0.6 is 0 Å². The number of amides is 2. The smallest absolute Gasteiger partial charge is 0.264 e. The Balaban J connectivity index is 2.40. The zero-order valence-corrected chi connectivity index (χ0v) is 10.1. The summed E-state index contributed by atoms with van der Waals surface area (Å²) in [5.74, 6) is -1.07. The molecule has 1 N–H and O–H groups in total. The predicted molar refractivity (Wildman–Crippen MR) is 63.9 cm³/mol. The van der Waals surface area contributed by atoms with Gasteiger partial charge >= 0.3 is 0 Å². The van der Waals surface area contributed by atoms with Crippen molar-refractivity contribution < 1.29 is 18.0 Å². The number of benzene rings is 1. The second-order valence-electron chi connectivity index (χ2n) is 3.55. The summed E-state index contributed by atoms with van der Waals surface area (Å²) in [4.78, 5) is 24.4. The standard InChI is InChI=1S/C10H6N4O4S/c11-13-14-19(17,18)7-3-1-6(2-4-7)8-5-9(15)12-10(8)16/h1-5H,(H,12,15,16). The van der Waals surface area contributed by atoms with E-state index in [1.807, 2.05) is 0 Å². The largest absolute Gasteiger partial charge is 0.289 e. The van der Waals surface area contributed by atoms with Crippen molar-refractivity contribution in [3.8, 4) is 0 Å². The summed E-state index contributed by atoms with van der Waals surface area (Å²) in [6.07, 6.45) is 1.12. The fourth-order valence-corrected chi connectivity index (χ4v) is 2.20. The third-order valence-corrected chi connectivity index (χ3v) is 3.52. The topological polar surface area (TPSA) is 129 Å². The van der Waals surface area contributed by atoms with Crippen LogP contribution in [-0.4, -0.2) is 20.2 Å². The molecule has 1 aromatic carbocycles. The Hall–Kier alpha value is -2.64. The fraction of sp³-hybridized carbons (Fsp3) is 0. The number of rotatable bonds is 3. The maximum Gasteiger partial charge on any atom is 0.264 e. The van der Waals surface area contributed by atoms with Gasteiger partial charge in [-0.15, -0.1) is 0 Å². The fourth-order valence-electron chi connectivity index (χ4n) is 1.53. The number of hydrogen-bond acceptors (Lipinski definition) is 4. The van der Waals surface area contributed by atoms with Crippen LogP contribution in [0.25, 0.3) is 16.0 Å².